The van der Waals surface area contributed by atoms with Gasteiger partial charge in [0.2, 0.25) is 10.0 Å². The second-order valence-electron chi connectivity index (χ2n) is 5.64. The lowest BCUT2D eigenvalue weighted by atomic mass is 10.0. The third kappa shape index (κ3) is 4.58. The van der Waals surface area contributed by atoms with Crippen molar-refractivity contribution in [3.05, 3.63) is 65.2 Å². The number of amides is 1. The van der Waals surface area contributed by atoms with E-state index < -0.39 is 10.0 Å². The highest BCUT2D eigenvalue weighted by molar-refractivity contribution is 7.92. The van der Waals surface area contributed by atoms with Gasteiger partial charge in [-0.15, -0.1) is 0 Å². The minimum Gasteiger partial charge on any atom is -0.346 e. The highest BCUT2D eigenvalue weighted by atomic mass is 32.2. The molecular formula is C18H22N2O3S. The van der Waals surface area contributed by atoms with Crippen molar-refractivity contribution in [2.45, 2.75) is 26.8 Å². The van der Waals surface area contributed by atoms with E-state index in [1.165, 1.54) is 6.07 Å². The van der Waals surface area contributed by atoms with Crippen molar-refractivity contribution in [1.82, 2.24) is 5.32 Å². The lowest BCUT2D eigenvalue weighted by Crippen LogP contribution is -2.27. The van der Waals surface area contributed by atoms with E-state index in [4.69, 9.17) is 0 Å². The highest BCUT2D eigenvalue weighted by Gasteiger charge is 2.14. The van der Waals surface area contributed by atoms with Crippen LogP contribution in [0, 0.1) is 6.92 Å². The molecule has 0 aliphatic heterocycles. The molecule has 5 nitrogen and oxygen atoms in total. The molecule has 2 aromatic rings. The molecule has 6 heteroatoms. The van der Waals surface area contributed by atoms with Gasteiger partial charge in [0, 0.05) is 11.3 Å². The molecule has 0 aliphatic rings. The summed E-state index contributed by atoms with van der Waals surface area (Å²) >= 11 is 0. The Balaban J connectivity index is 2.14. The van der Waals surface area contributed by atoms with E-state index in [9.17, 15) is 13.2 Å². The first-order valence-corrected chi connectivity index (χ1v) is 9.44. The van der Waals surface area contributed by atoms with Crippen LogP contribution in [0.25, 0.3) is 0 Å². The summed E-state index contributed by atoms with van der Waals surface area (Å²) in [5, 5.41) is 2.94. The molecule has 1 amide bonds. The van der Waals surface area contributed by atoms with Gasteiger partial charge in [-0.3, -0.25) is 9.52 Å². The maximum atomic E-state index is 12.4. The number of carbonyl (C=O) groups is 1. The second-order valence-corrected chi connectivity index (χ2v) is 7.65. The van der Waals surface area contributed by atoms with Crippen molar-refractivity contribution in [3.63, 3.8) is 0 Å². The van der Waals surface area contributed by atoms with E-state index >= 15 is 0 Å². The number of benzene rings is 2. The first-order chi connectivity index (χ1) is 11.3. The van der Waals surface area contributed by atoms with Gasteiger partial charge in [-0.05, 0) is 50.1 Å². The largest absolute Gasteiger partial charge is 0.346 e. The van der Waals surface area contributed by atoms with Crippen molar-refractivity contribution < 1.29 is 13.2 Å². The predicted octanol–water partition coefficient (Wildman–Crippen LogP) is 3.25. The summed E-state index contributed by atoms with van der Waals surface area (Å²) in [5.74, 6) is -0.267. The zero-order valence-electron chi connectivity index (χ0n) is 14.0. The third-order valence-corrected chi connectivity index (χ3v) is 5.09. The Kier molecular flexibility index (Phi) is 5.62. The van der Waals surface area contributed by atoms with Crippen molar-refractivity contribution in [3.8, 4) is 0 Å². The molecule has 0 fully saturated rings. The average Bonchev–Trinajstić information content (AvgIpc) is 2.55. The number of aryl methyl sites for hydroxylation is 1. The van der Waals surface area contributed by atoms with Crippen LogP contribution in [-0.4, -0.2) is 20.1 Å². The molecule has 0 bridgehead atoms. The first kappa shape index (κ1) is 18.0. The lowest BCUT2D eigenvalue weighted by Gasteiger charge is -2.17. The summed E-state index contributed by atoms with van der Waals surface area (Å²) in [6.07, 6.45) is 0. The maximum absolute atomic E-state index is 12.4. The smallest absolute Gasteiger partial charge is 0.251 e. The van der Waals surface area contributed by atoms with Crippen LogP contribution in [0.3, 0.4) is 0 Å². The molecule has 0 aliphatic carbocycles. The molecule has 0 unspecified atom stereocenters. The van der Waals surface area contributed by atoms with Crippen LogP contribution in [0.2, 0.25) is 0 Å². The van der Waals surface area contributed by atoms with Crippen molar-refractivity contribution >= 4 is 21.6 Å². The number of carbonyl (C=O) groups excluding carboxylic acids is 1. The van der Waals surface area contributed by atoms with Crippen LogP contribution >= 0.6 is 0 Å². The lowest BCUT2D eigenvalue weighted by molar-refractivity contribution is 0.0940. The maximum Gasteiger partial charge on any atom is 0.251 e. The molecule has 2 N–H and O–H groups in total. The molecule has 2 aromatic carbocycles. The fourth-order valence-electron chi connectivity index (χ4n) is 2.41. The van der Waals surface area contributed by atoms with Gasteiger partial charge >= 0.3 is 0 Å². The number of hydrogen-bond donors (Lipinski definition) is 2. The van der Waals surface area contributed by atoms with Gasteiger partial charge in [-0.25, -0.2) is 8.42 Å². The summed E-state index contributed by atoms with van der Waals surface area (Å²) in [5.41, 5.74) is 2.95. The first-order valence-electron chi connectivity index (χ1n) is 7.79. The van der Waals surface area contributed by atoms with Gasteiger partial charge in [0.1, 0.15) is 0 Å². The predicted molar refractivity (Wildman–Crippen MR) is 96.6 cm³/mol. The van der Waals surface area contributed by atoms with E-state index in [0.717, 1.165) is 11.1 Å². The SMILES string of the molecule is CCS(=O)(=O)Nc1cccc(C(=O)N[C@H](C)c2ccccc2C)c1. The molecule has 0 saturated heterocycles. The van der Waals surface area contributed by atoms with Gasteiger partial charge in [-0.2, -0.15) is 0 Å². The van der Waals surface area contributed by atoms with E-state index in [1.807, 2.05) is 38.1 Å². The number of nitrogens with one attached hydrogen (secondary N) is 2. The van der Waals surface area contributed by atoms with Gasteiger partial charge in [-0.1, -0.05) is 30.3 Å². The number of anilines is 1. The van der Waals surface area contributed by atoms with Gasteiger partial charge in [0.15, 0.2) is 0 Å². The van der Waals surface area contributed by atoms with Gasteiger partial charge in [0.05, 0.1) is 11.8 Å². The molecular weight excluding hydrogens is 324 g/mol. The van der Waals surface area contributed by atoms with Crippen LogP contribution in [-0.2, 0) is 10.0 Å². The van der Waals surface area contributed by atoms with Crippen LogP contribution in [0.4, 0.5) is 5.69 Å². The minimum absolute atomic E-state index is 0.0201. The van der Waals surface area contributed by atoms with E-state index in [1.54, 1.807) is 25.1 Å². The Labute approximate surface area is 143 Å². The topological polar surface area (TPSA) is 75.3 Å². The zero-order valence-corrected chi connectivity index (χ0v) is 14.9. The molecule has 0 spiro atoms. The average molecular weight is 346 g/mol. The van der Waals surface area contributed by atoms with Crippen molar-refractivity contribution in [2.24, 2.45) is 0 Å². The molecule has 2 rings (SSSR count). The summed E-state index contributed by atoms with van der Waals surface area (Å²) in [6.45, 7) is 5.48. The van der Waals surface area contributed by atoms with Crippen LogP contribution < -0.4 is 10.0 Å². The van der Waals surface area contributed by atoms with E-state index in [-0.39, 0.29) is 17.7 Å². The zero-order chi connectivity index (χ0) is 17.7. The fraction of sp³-hybridized carbons (Fsp3) is 0.278. The molecule has 1 atom stereocenters. The van der Waals surface area contributed by atoms with E-state index in [0.29, 0.717) is 11.3 Å². The summed E-state index contributed by atoms with van der Waals surface area (Å²) in [7, 11) is -3.37. The van der Waals surface area contributed by atoms with Gasteiger partial charge in [0.25, 0.3) is 5.91 Å². The van der Waals surface area contributed by atoms with Crippen LogP contribution in [0.15, 0.2) is 48.5 Å². The fourth-order valence-corrected chi connectivity index (χ4v) is 3.04. The Hall–Kier alpha value is -2.34. The highest BCUT2D eigenvalue weighted by Crippen LogP contribution is 2.18. The Morgan fingerprint density at radius 2 is 1.83 bits per heavy atom. The van der Waals surface area contributed by atoms with Crippen molar-refractivity contribution in [1.29, 1.82) is 0 Å². The third-order valence-electron chi connectivity index (χ3n) is 3.78. The monoisotopic (exact) mass is 346 g/mol. The normalized spacial score (nSPS) is 12.5. The number of sulfonamides is 1. The number of hydrogen-bond acceptors (Lipinski definition) is 3. The Morgan fingerprint density at radius 3 is 2.50 bits per heavy atom. The van der Waals surface area contributed by atoms with E-state index in [2.05, 4.69) is 10.0 Å². The van der Waals surface area contributed by atoms with Crippen molar-refractivity contribution in [2.75, 3.05) is 10.5 Å². The molecule has 0 heterocycles. The molecule has 0 radical (unpaired) electrons. The molecule has 128 valence electrons. The van der Waals surface area contributed by atoms with Gasteiger partial charge < -0.3 is 5.32 Å². The minimum atomic E-state index is -3.37. The Bertz CT molecular complexity index is 832. The molecule has 0 aromatic heterocycles. The van der Waals surface area contributed by atoms with Crippen LogP contribution in [0.5, 0.6) is 0 Å². The summed E-state index contributed by atoms with van der Waals surface area (Å²) < 4.78 is 25.7. The molecule has 0 saturated carbocycles. The summed E-state index contributed by atoms with van der Waals surface area (Å²) in [4.78, 5) is 12.4. The quantitative estimate of drug-likeness (QED) is 0.843. The standard InChI is InChI=1S/C18H22N2O3S/c1-4-24(22,23)20-16-10-7-9-15(12-16)18(21)19-14(3)17-11-6-5-8-13(17)2/h5-12,14,20H,4H2,1-3H3,(H,19,21)/t14-/m1/s1. The Morgan fingerprint density at radius 1 is 1.12 bits per heavy atom. The number of rotatable bonds is 6. The summed E-state index contributed by atoms with van der Waals surface area (Å²) in [6, 6.07) is 14.2. The molecule has 24 heavy (non-hydrogen) atoms. The second kappa shape index (κ2) is 7.49. The van der Waals surface area contributed by atoms with Crippen LogP contribution in [0.1, 0.15) is 41.4 Å².